The van der Waals surface area contributed by atoms with E-state index in [1.807, 2.05) is 6.07 Å². The molecule has 0 bridgehead atoms. The van der Waals surface area contributed by atoms with Gasteiger partial charge in [0, 0.05) is 6.07 Å². The minimum absolute atomic E-state index is 0.0677. The minimum atomic E-state index is -0.421. The van der Waals surface area contributed by atoms with Gasteiger partial charge in [0.25, 0.3) is 5.69 Å². The molecule has 1 aromatic rings. The fourth-order valence-electron chi connectivity index (χ4n) is 1.26. The number of aliphatic hydroxyl groups excluding tert-OH is 1. The highest BCUT2D eigenvalue weighted by Crippen LogP contribution is 2.29. The van der Waals surface area contributed by atoms with E-state index in [4.69, 9.17) is 5.11 Å². The minimum Gasteiger partial charge on any atom is -0.393 e. The second-order valence-electron chi connectivity index (χ2n) is 3.40. The van der Waals surface area contributed by atoms with Crippen molar-refractivity contribution in [1.29, 1.82) is 0 Å². The number of benzene rings is 1. The summed E-state index contributed by atoms with van der Waals surface area (Å²) in [6.45, 7) is 1.70. The summed E-state index contributed by atoms with van der Waals surface area (Å²) >= 11 is 3.21. The molecule has 1 N–H and O–H groups in total. The Bertz CT molecular complexity index is 366. The topological polar surface area (TPSA) is 63.4 Å². The zero-order valence-corrected chi connectivity index (χ0v) is 9.90. The van der Waals surface area contributed by atoms with Gasteiger partial charge in [-0.1, -0.05) is 12.1 Å². The molecule has 82 valence electrons. The summed E-state index contributed by atoms with van der Waals surface area (Å²) in [4.78, 5) is 10.2. The molecule has 15 heavy (non-hydrogen) atoms. The van der Waals surface area contributed by atoms with Crippen molar-refractivity contribution in [2.24, 2.45) is 0 Å². The molecule has 1 aromatic carbocycles. The van der Waals surface area contributed by atoms with Gasteiger partial charge in [0.2, 0.25) is 0 Å². The first-order valence-electron chi connectivity index (χ1n) is 4.62. The molecule has 0 spiro atoms. The van der Waals surface area contributed by atoms with Crippen molar-refractivity contribution in [1.82, 2.24) is 0 Å². The second-order valence-corrected chi connectivity index (χ2v) is 4.19. The van der Waals surface area contributed by atoms with Crippen molar-refractivity contribution in [3.05, 3.63) is 38.3 Å². The number of rotatable bonds is 4. The molecule has 0 aliphatic carbocycles. The number of halogens is 1. The fraction of sp³-hybridized carbons (Fsp3) is 0.400. The van der Waals surface area contributed by atoms with E-state index >= 15 is 0 Å². The van der Waals surface area contributed by atoms with Crippen LogP contribution >= 0.6 is 15.9 Å². The van der Waals surface area contributed by atoms with E-state index in [1.165, 1.54) is 6.07 Å². The Balaban J connectivity index is 2.89. The molecule has 1 rings (SSSR count). The Morgan fingerprint density at radius 1 is 1.60 bits per heavy atom. The van der Waals surface area contributed by atoms with Gasteiger partial charge >= 0.3 is 0 Å². The van der Waals surface area contributed by atoms with Crippen LogP contribution in [0.4, 0.5) is 5.69 Å². The normalized spacial score (nSPS) is 12.5. The number of nitrogens with zero attached hydrogens (tertiary/aromatic N) is 1. The van der Waals surface area contributed by atoms with Gasteiger partial charge in [0.15, 0.2) is 0 Å². The number of nitro groups is 1. The predicted octanol–water partition coefficient (Wildman–Crippen LogP) is 2.67. The Morgan fingerprint density at radius 2 is 2.27 bits per heavy atom. The molecular formula is C10H12BrNO3. The molecule has 0 fully saturated rings. The van der Waals surface area contributed by atoms with Crippen molar-refractivity contribution in [2.75, 3.05) is 0 Å². The van der Waals surface area contributed by atoms with Gasteiger partial charge in [-0.05, 0) is 41.3 Å². The van der Waals surface area contributed by atoms with E-state index in [2.05, 4.69) is 15.9 Å². The van der Waals surface area contributed by atoms with Crippen LogP contribution in [-0.2, 0) is 6.42 Å². The van der Waals surface area contributed by atoms with Crippen LogP contribution in [0.25, 0.3) is 0 Å². The van der Waals surface area contributed by atoms with Crippen LogP contribution < -0.4 is 0 Å². The number of nitro benzene ring substituents is 1. The van der Waals surface area contributed by atoms with Crippen LogP contribution in [-0.4, -0.2) is 16.1 Å². The summed E-state index contributed by atoms with van der Waals surface area (Å²) in [6, 6.07) is 4.93. The van der Waals surface area contributed by atoms with Gasteiger partial charge in [0.05, 0.1) is 15.5 Å². The first kappa shape index (κ1) is 12.1. The predicted molar refractivity (Wildman–Crippen MR) is 60.8 cm³/mol. The van der Waals surface area contributed by atoms with Crippen LogP contribution in [0.15, 0.2) is 22.7 Å². The molecule has 1 unspecified atom stereocenters. The Hall–Kier alpha value is -0.940. The zero-order valence-electron chi connectivity index (χ0n) is 8.31. The maximum absolute atomic E-state index is 10.6. The van der Waals surface area contributed by atoms with Crippen molar-refractivity contribution in [2.45, 2.75) is 25.9 Å². The quantitative estimate of drug-likeness (QED) is 0.678. The summed E-state index contributed by atoms with van der Waals surface area (Å²) < 4.78 is 0.510. The summed E-state index contributed by atoms with van der Waals surface area (Å²) in [5.41, 5.74) is 0.920. The number of aliphatic hydroxyl groups is 1. The highest BCUT2D eigenvalue weighted by atomic mass is 79.9. The fourth-order valence-corrected chi connectivity index (χ4v) is 1.87. The molecule has 0 radical (unpaired) electrons. The zero-order chi connectivity index (χ0) is 11.4. The number of hydrogen-bond donors (Lipinski definition) is 1. The molecule has 0 aromatic heterocycles. The monoisotopic (exact) mass is 273 g/mol. The van der Waals surface area contributed by atoms with Gasteiger partial charge in [-0.25, -0.2) is 0 Å². The molecule has 5 heteroatoms. The maximum Gasteiger partial charge on any atom is 0.283 e. The van der Waals surface area contributed by atoms with Crippen molar-refractivity contribution in [3.63, 3.8) is 0 Å². The van der Waals surface area contributed by atoms with Crippen molar-refractivity contribution >= 4 is 21.6 Å². The van der Waals surface area contributed by atoms with Gasteiger partial charge in [-0.15, -0.1) is 0 Å². The third kappa shape index (κ3) is 3.28. The van der Waals surface area contributed by atoms with E-state index in [0.717, 1.165) is 5.56 Å². The van der Waals surface area contributed by atoms with E-state index in [0.29, 0.717) is 17.3 Å². The largest absolute Gasteiger partial charge is 0.393 e. The number of aryl methyl sites for hydroxylation is 1. The lowest BCUT2D eigenvalue weighted by Crippen LogP contribution is -2.02. The smallest absolute Gasteiger partial charge is 0.283 e. The van der Waals surface area contributed by atoms with Crippen LogP contribution in [0.1, 0.15) is 18.9 Å². The average molecular weight is 274 g/mol. The molecular weight excluding hydrogens is 262 g/mol. The van der Waals surface area contributed by atoms with Crippen molar-refractivity contribution < 1.29 is 10.0 Å². The van der Waals surface area contributed by atoms with E-state index in [1.54, 1.807) is 13.0 Å². The van der Waals surface area contributed by atoms with E-state index in [-0.39, 0.29) is 5.69 Å². The first-order valence-corrected chi connectivity index (χ1v) is 5.41. The maximum atomic E-state index is 10.6. The molecule has 0 heterocycles. The van der Waals surface area contributed by atoms with Crippen LogP contribution in [0, 0.1) is 10.1 Å². The second kappa shape index (κ2) is 5.23. The highest BCUT2D eigenvalue weighted by molar-refractivity contribution is 9.10. The SMILES string of the molecule is CC(O)CCc1cccc([N+](=O)[O-])c1Br. The Morgan fingerprint density at radius 3 is 2.80 bits per heavy atom. The van der Waals surface area contributed by atoms with Gasteiger partial charge in [-0.2, -0.15) is 0 Å². The highest BCUT2D eigenvalue weighted by Gasteiger charge is 2.14. The van der Waals surface area contributed by atoms with Crippen LogP contribution in [0.5, 0.6) is 0 Å². The average Bonchev–Trinajstić information content (AvgIpc) is 2.15. The van der Waals surface area contributed by atoms with Crippen LogP contribution in [0.3, 0.4) is 0 Å². The van der Waals surface area contributed by atoms with Gasteiger partial charge < -0.3 is 5.11 Å². The lowest BCUT2D eigenvalue weighted by Gasteiger charge is -2.06. The lowest BCUT2D eigenvalue weighted by molar-refractivity contribution is -0.385. The third-order valence-corrected chi connectivity index (χ3v) is 3.00. The molecule has 0 amide bonds. The molecule has 0 aliphatic rings. The standard InChI is InChI=1S/C10H12BrNO3/c1-7(13)5-6-8-3-2-4-9(10(8)11)12(14)15/h2-4,7,13H,5-6H2,1H3. The summed E-state index contributed by atoms with van der Waals surface area (Å²) in [5, 5.41) is 19.8. The summed E-state index contributed by atoms with van der Waals surface area (Å²) in [6.07, 6.45) is 0.829. The Labute approximate surface area is 96.2 Å². The van der Waals surface area contributed by atoms with E-state index < -0.39 is 11.0 Å². The molecule has 0 saturated heterocycles. The summed E-state index contributed by atoms with van der Waals surface area (Å²) in [7, 11) is 0. The van der Waals surface area contributed by atoms with Gasteiger partial charge in [-0.3, -0.25) is 10.1 Å². The van der Waals surface area contributed by atoms with Gasteiger partial charge in [0.1, 0.15) is 0 Å². The van der Waals surface area contributed by atoms with E-state index in [9.17, 15) is 10.1 Å². The van der Waals surface area contributed by atoms with Crippen LogP contribution in [0.2, 0.25) is 0 Å². The molecule has 4 nitrogen and oxygen atoms in total. The molecule has 1 atom stereocenters. The molecule has 0 saturated carbocycles. The lowest BCUT2D eigenvalue weighted by atomic mass is 10.1. The molecule has 0 aliphatic heterocycles. The third-order valence-electron chi connectivity index (χ3n) is 2.09. The first-order chi connectivity index (χ1) is 7.02. The van der Waals surface area contributed by atoms with Crippen molar-refractivity contribution in [3.8, 4) is 0 Å². The Kier molecular flexibility index (Phi) is 4.23. The summed E-state index contributed by atoms with van der Waals surface area (Å²) in [5.74, 6) is 0. The number of hydrogen-bond acceptors (Lipinski definition) is 3.